The van der Waals surface area contributed by atoms with E-state index >= 15 is 0 Å². The molecule has 1 atom stereocenters. The quantitative estimate of drug-likeness (QED) is 0.759. The minimum atomic E-state index is -0.305. The number of hydrogen-bond acceptors (Lipinski definition) is 2. The first-order valence-corrected chi connectivity index (χ1v) is 5.36. The molecule has 1 amide bonds. The molecule has 0 aromatic heterocycles. The fourth-order valence-electron chi connectivity index (χ4n) is 1.25. The van der Waals surface area contributed by atoms with Crippen LogP contribution < -0.4 is 5.32 Å². The lowest BCUT2D eigenvalue weighted by molar-refractivity contribution is 0.0259. The summed E-state index contributed by atoms with van der Waals surface area (Å²) >= 11 is 0. The molecule has 0 spiro atoms. The van der Waals surface area contributed by atoms with Crippen LogP contribution in [0.3, 0.4) is 0 Å². The summed E-state index contributed by atoms with van der Waals surface area (Å²) in [5.41, 5.74) is 0.0150. The summed E-state index contributed by atoms with van der Waals surface area (Å²) in [5.74, 6) is 0. The number of hydrogen-bond donors (Lipinski definition) is 1. The molecule has 0 radical (unpaired) electrons. The van der Waals surface area contributed by atoms with E-state index in [1.165, 1.54) is 0 Å². The summed E-state index contributed by atoms with van der Waals surface area (Å²) in [7, 11) is 0. The predicted molar refractivity (Wildman–Crippen MR) is 58.3 cm³/mol. The molecule has 3 heteroatoms. The van der Waals surface area contributed by atoms with Crippen LogP contribution in [0.15, 0.2) is 0 Å². The van der Waals surface area contributed by atoms with Crippen LogP contribution in [0.25, 0.3) is 0 Å². The van der Waals surface area contributed by atoms with Gasteiger partial charge in [-0.2, -0.15) is 0 Å². The van der Waals surface area contributed by atoms with E-state index in [1.807, 2.05) is 6.92 Å². The van der Waals surface area contributed by atoms with Crippen LogP contribution in [0.2, 0.25) is 0 Å². The van der Waals surface area contributed by atoms with Gasteiger partial charge in [0, 0.05) is 6.54 Å². The van der Waals surface area contributed by atoms with Crippen molar-refractivity contribution in [1.82, 2.24) is 5.32 Å². The highest BCUT2D eigenvalue weighted by atomic mass is 16.6. The van der Waals surface area contributed by atoms with Crippen LogP contribution in [0.1, 0.15) is 47.5 Å². The molecular formula is C11H23NO2. The molecule has 0 aliphatic heterocycles. The number of nitrogens with one attached hydrogen (secondary N) is 1. The van der Waals surface area contributed by atoms with Crippen molar-refractivity contribution in [2.75, 3.05) is 6.54 Å². The Balaban J connectivity index is 4.16. The van der Waals surface area contributed by atoms with E-state index in [9.17, 15) is 4.79 Å². The standard InChI is InChI=1S/C11H23NO2/c1-6-8-9(11(3,4)5)14-10(13)12-7-2/h9H,6-8H2,1-5H3,(H,12,13). The molecule has 1 unspecified atom stereocenters. The molecule has 0 heterocycles. The lowest BCUT2D eigenvalue weighted by Crippen LogP contribution is -2.36. The molecule has 0 aromatic carbocycles. The van der Waals surface area contributed by atoms with Gasteiger partial charge >= 0.3 is 6.09 Å². The van der Waals surface area contributed by atoms with Gasteiger partial charge in [0.05, 0.1) is 0 Å². The molecule has 0 fully saturated rings. The van der Waals surface area contributed by atoms with Crippen LogP contribution in [0.4, 0.5) is 4.79 Å². The number of amides is 1. The van der Waals surface area contributed by atoms with E-state index in [-0.39, 0.29) is 17.6 Å². The Morgan fingerprint density at radius 3 is 2.29 bits per heavy atom. The van der Waals surface area contributed by atoms with E-state index in [4.69, 9.17) is 4.74 Å². The Bertz CT molecular complexity index is 173. The third kappa shape index (κ3) is 5.10. The average Bonchev–Trinajstić information content (AvgIpc) is 2.02. The first kappa shape index (κ1) is 13.3. The molecule has 0 aliphatic carbocycles. The van der Waals surface area contributed by atoms with Gasteiger partial charge in [0.2, 0.25) is 0 Å². The van der Waals surface area contributed by atoms with Crippen LogP contribution in [0, 0.1) is 5.41 Å². The zero-order valence-electron chi connectivity index (χ0n) is 10.0. The van der Waals surface area contributed by atoms with E-state index in [1.54, 1.807) is 0 Å². The molecule has 0 saturated heterocycles. The second-order valence-electron chi connectivity index (χ2n) is 4.58. The average molecular weight is 201 g/mol. The third-order valence-electron chi connectivity index (χ3n) is 2.09. The predicted octanol–water partition coefficient (Wildman–Crippen LogP) is 2.95. The van der Waals surface area contributed by atoms with E-state index in [0.717, 1.165) is 12.8 Å². The summed E-state index contributed by atoms with van der Waals surface area (Å²) in [6.45, 7) is 10.9. The molecule has 14 heavy (non-hydrogen) atoms. The van der Waals surface area contributed by atoms with Crippen LogP contribution in [-0.4, -0.2) is 18.7 Å². The monoisotopic (exact) mass is 201 g/mol. The lowest BCUT2D eigenvalue weighted by Gasteiger charge is -2.29. The van der Waals surface area contributed by atoms with Crippen LogP contribution >= 0.6 is 0 Å². The Kier molecular flexibility index (Phi) is 5.58. The summed E-state index contributed by atoms with van der Waals surface area (Å²) in [6, 6.07) is 0. The van der Waals surface area contributed by atoms with Gasteiger partial charge in [-0.25, -0.2) is 4.79 Å². The van der Waals surface area contributed by atoms with Crippen molar-refractivity contribution in [3.05, 3.63) is 0 Å². The van der Waals surface area contributed by atoms with Gasteiger partial charge in [-0.1, -0.05) is 34.1 Å². The van der Waals surface area contributed by atoms with Crippen molar-refractivity contribution in [2.45, 2.75) is 53.6 Å². The Morgan fingerprint density at radius 2 is 1.93 bits per heavy atom. The molecule has 0 aromatic rings. The highest BCUT2D eigenvalue weighted by Crippen LogP contribution is 2.25. The fraction of sp³-hybridized carbons (Fsp3) is 0.909. The van der Waals surface area contributed by atoms with Gasteiger partial charge in [-0.05, 0) is 18.8 Å². The second kappa shape index (κ2) is 5.89. The SMILES string of the molecule is CCCC(OC(=O)NCC)C(C)(C)C. The zero-order chi connectivity index (χ0) is 11.2. The molecule has 0 saturated carbocycles. The van der Waals surface area contributed by atoms with E-state index in [2.05, 4.69) is 33.0 Å². The fourth-order valence-corrected chi connectivity index (χ4v) is 1.25. The Hall–Kier alpha value is -0.730. The van der Waals surface area contributed by atoms with Gasteiger partial charge in [0.25, 0.3) is 0 Å². The number of rotatable bonds is 4. The Labute approximate surface area is 87.2 Å². The summed E-state index contributed by atoms with van der Waals surface area (Å²) in [6.07, 6.45) is 1.64. The molecule has 84 valence electrons. The molecule has 3 nitrogen and oxygen atoms in total. The summed E-state index contributed by atoms with van der Waals surface area (Å²) in [5, 5.41) is 2.65. The van der Waals surface area contributed by atoms with Crippen LogP contribution in [-0.2, 0) is 4.74 Å². The highest BCUT2D eigenvalue weighted by Gasteiger charge is 2.27. The number of alkyl carbamates (subject to hydrolysis) is 1. The second-order valence-corrected chi connectivity index (χ2v) is 4.58. The maximum absolute atomic E-state index is 11.2. The molecule has 1 N–H and O–H groups in total. The Morgan fingerprint density at radius 1 is 1.36 bits per heavy atom. The van der Waals surface area contributed by atoms with Crippen molar-refractivity contribution in [2.24, 2.45) is 5.41 Å². The zero-order valence-corrected chi connectivity index (χ0v) is 10.0. The maximum atomic E-state index is 11.2. The summed E-state index contributed by atoms with van der Waals surface area (Å²) < 4.78 is 5.35. The molecule has 0 bridgehead atoms. The first-order valence-electron chi connectivity index (χ1n) is 5.36. The van der Waals surface area contributed by atoms with Crippen molar-refractivity contribution in [1.29, 1.82) is 0 Å². The smallest absolute Gasteiger partial charge is 0.407 e. The van der Waals surface area contributed by atoms with Crippen molar-refractivity contribution < 1.29 is 9.53 Å². The lowest BCUT2D eigenvalue weighted by atomic mass is 9.86. The van der Waals surface area contributed by atoms with E-state index < -0.39 is 0 Å². The first-order chi connectivity index (χ1) is 6.41. The van der Waals surface area contributed by atoms with Gasteiger partial charge in [0.15, 0.2) is 0 Å². The number of carbonyl (C=O) groups excluding carboxylic acids is 1. The number of ether oxygens (including phenoxy) is 1. The van der Waals surface area contributed by atoms with Crippen molar-refractivity contribution in [3.8, 4) is 0 Å². The largest absolute Gasteiger partial charge is 0.446 e. The van der Waals surface area contributed by atoms with E-state index in [0.29, 0.717) is 6.54 Å². The van der Waals surface area contributed by atoms with Crippen LogP contribution in [0.5, 0.6) is 0 Å². The molecule has 0 rings (SSSR count). The van der Waals surface area contributed by atoms with Crippen molar-refractivity contribution in [3.63, 3.8) is 0 Å². The number of carbonyl (C=O) groups is 1. The minimum absolute atomic E-state index is 0.000880. The normalized spacial score (nSPS) is 13.5. The minimum Gasteiger partial charge on any atom is -0.446 e. The highest BCUT2D eigenvalue weighted by molar-refractivity contribution is 5.67. The van der Waals surface area contributed by atoms with Gasteiger partial charge in [0.1, 0.15) is 6.10 Å². The molecule has 0 aliphatic rings. The molecular weight excluding hydrogens is 178 g/mol. The van der Waals surface area contributed by atoms with Crippen molar-refractivity contribution >= 4 is 6.09 Å². The maximum Gasteiger partial charge on any atom is 0.407 e. The van der Waals surface area contributed by atoms with Gasteiger partial charge in [-0.15, -0.1) is 0 Å². The third-order valence-corrected chi connectivity index (χ3v) is 2.09. The van der Waals surface area contributed by atoms with Gasteiger partial charge < -0.3 is 10.1 Å². The topological polar surface area (TPSA) is 38.3 Å². The van der Waals surface area contributed by atoms with Gasteiger partial charge in [-0.3, -0.25) is 0 Å². The summed E-state index contributed by atoms with van der Waals surface area (Å²) in [4.78, 5) is 11.2.